The van der Waals surface area contributed by atoms with Crippen LogP contribution in [0.2, 0.25) is 0 Å². The molecule has 1 saturated carbocycles. The molecule has 0 spiro atoms. The number of carbonyl (C=O) groups excluding carboxylic acids is 1. The van der Waals surface area contributed by atoms with Gasteiger partial charge in [0, 0.05) is 24.4 Å². The van der Waals surface area contributed by atoms with Gasteiger partial charge in [0.1, 0.15) is 0 Å². The fraction of sp³-hybridized carbons (Fsp3) is 0.577. The number of ether oxygens (including phenoxy) is 1. The summed E-state index contributed by atoms with van der Waals surface area (Å²) in [6, 6.07) is 4.45. The summed E-state index contributed by atoms with van der Waals surface area (Å²) in [6.07, 6.45) is 14.6. The van der Waals surface area contributed by atoms with E-state index in [-0.39, 0.29) is 12.2 Å². The molecule has 1 aliphatic carbocycles. The van der Waals surface area contributed by atoms with E-state index in [1.54, 1.807) is 13.0 Å². The van der Waals surface area contributed by atoms with E-state index >= 15 is 0 Å². The molecule has 0 saturated heterocycles. The fourth-order valence-corrected chi connectivity index (χ4v) is 4.57. The standard InChI is InChI=1S/C26H35FN2O2/c1-4-6-7-8-19-9-11-20(12-10-19)18(3)22-16-28-26(29-17-22)21-13-14-24(23(27)15-21)31-25(30)5-2/h13-20H,4-12H2,1-3H3. The molecule has 0 N–H and O–H groups in total. The van der Waals surface area contributed by atoms with Crippen LogP contribution >= 0.6 is 0 Å². The Morgan fingerprint density at radius 3 is 2.45 bits per heavy atom. The smallest absolute Gasteiger partial charge is 0.310 e. The van der Waals surface area contributed by atoms with Crippen LogP contribution in [-0.4, -0.2) is 15.9 Å². The highest BCUT2D eigenvalue weighted by Crippen LogP contribution is 2.39. The number of halogens is 1. The van der Waals surface area contributed by atoms with Gasteiger partial charge >= 0.3 is 5.97 Å². The molecule has 0 bridgehead atoms. The van der Waals surface area contributed by atoms with E-state index in [4.69, 9.17) is 4.74 Å². The highest BCUT2D eigenvalue weighted by atomic mass is 19.1. The summed E-state index contributed by atoms with van der Waals surface area (Å²) in [4.78, 5) is 20.4. The van der Waals surface area contributed by atoms with Crippen LogP contribution < -0.4 is 4.74 Å². The van der Waals surface area contributed by atoms with Crippen LogP contribution in [0, 0.1) is 17.7 Å². The molecule has 1 aromatic carbocycles. The average molecular weight is 427 g/mol. The summed E-state index contributed by atoms with van der Waals surface area (Å²) < 4.78 is 19.3. The molecule has 1 aromatic heterocycles. The van der Waals surface area contributed by atoms with Crippen LogP contribution in [0.15, 0.2) is 30.6 Å². The van der Waals surface area contributed by atoms with Crippen LogP contribution in [0.1, 0.15) is 90.0 Å². The van der Waals surface area contributed by atoms with E-state index < -0.39 is 11.8 Å². The lowest BCUT2D eigenvalue weighted by atomic mass is 9.73. The highest BCUT2D eigenvalue weighted by molar-refractivity contribution is 5.72. The number of rotatable bonds is 9. The molecule has 1 atom stereocenters. The molecule has 1 fully saturated rings. The van der Waals surface area contributed by atoms with E-state index in [1.807, 2.05) is 12.4 Å². The zero-order valence-corrected chi connectivity index (χ0v) is 19.1. The first-order valence-electron chi connectivity index (χ1n) is 11.8. The van der Waals surface area contributed by atoms with Gasteiger partial charge in [-0.3, -0.25) is 4.79 Å². The largest absolute Gasteiger partial charge is 0.423 e. The maximum atomic E-state index is 14.3. The van der Waals surface area contributed by atoms with E-state index in [2.05, 4.69) is 23.8 Å². The van der Waals surface area contributed by atoms with Gasteiger partial charge in [-0.1, -0.05) is 59.3 Å². The van der Waals surface area contributed by atoms with E-state index in [1.165, 1.54) is 63.5 Å². The summed E-state index contributed by atoms with van der Waals surface area (Å²) in [5.74, 6) is 1.38. The lowest BCUT2D eigenvalue weighted by molar-refractivity contribution is -0.134. The Morgan fingerprint density at radius 2 is 1.84 bits per heavy atom. The van der Waals surface area contributed by atoms with Crippen molar-refractivity contribution in [1.82, 2.24) is 9.97 Å². The Hall–Kier alpha value is -2.30. The Morgan fingerprint density at radius 1 is 1.13 bits per heavy atom. The predicted octanol–water partition coefficient (Wildman–Crippen LogP) is 7.09. The molecule has 1 aliphatic rings. The SMILES string of the molecule is CCCCCC1CCC(C(C)c2cnc(-c3ccc(OC(=O)CC)c(F)c3)nc2)CC1. The quantitative estimate of drug-likeness (QED) is 0.244. The molecule has 1 unspecified atom stereocenters. The second-order valence-corrected chi connectivity index (χ2v) is 8.88. The lowest BCUT2D eigenvalue weighted by Crippen LogP contribution is -2.19. The van der Waals surface area contributed by atoms with Gasteiger partial charge in [0.2, 0.25) is 0 Å². The van der Waals surface area contributed by atoms with Crippen molar-refractivity contribution in [3.8, 4) is 17.1 Å². The van der Waals surface area contributed by atoms with Crippen LogP contribution in [0.3, 0.4) is 0 Å². The summed E-state index contributed by atoms with van der Waals surface area (Å²) in [7, 11) is 0. The normalized spacial score (nSPS) is 19.7. The lowest BCUT2D eigenvalue weighted by Gasteiger charge is -2.32. The monoisotopic (exact) mass is 426 g/mol. The van der Waals surface area contributed by atoms with Crippen molar-refractivity contribution in [1.29, 1.82) is 0 Å². The zero-order chi connectivity index (χ0) is 22.2. The van der Waals surface area contributed by atoms with Crippen LogP contribution in [0.5, 0.6) is 5.75 Å². The predicted molar refractivity (Wildman–Crippen MR) is 121 cm³/mol. The number of nitrogens with zero attached hydrogens (tertiary/aromatic N) is 2. The minimum absolute atomic E-state index is 0.0638. The maximum absolute atomic E-state index is 14.3. The van der Waals surface area contributed by atoms with Crippen LogP contribution in [-0.2, 0) is 4.79 Å². The second-order valence-electron chi connectivity index (χ2n) is 8.88. The van der Waals surface area contributed by atoms with Gasteiger partial charge in [-0.05, 0) is 54.4 Å². The number of hydrogen-bond donors (Lipinski definition) is 0. The second kappa shape index (κ2) is 11.4. The number of benzene rings is 1. The molecule has 31 heavy (non-hydrogen) atoms. The molecule has 1 heterocycles. The molecule has 0 amide bonds. The van der Waals surface area contributed by atoms with Crippen molar-refractivity contribution >= 4 is 5.97 Å². The van der Waals surface area contributed by atoms with Crippen molar-refractivity contribution < 1.29 is 13.9 Å². The third-order valence-corrected chi connectivity index (χ3v) is 6.71. The third kappa shape index (κ3) is 6.34. The van der Waals surface area contributed by atoms with Gasteiger partial charge in [-0.25, -0.2) is 14.4 Å². The molecule has 0 radical (unpaired) electrons. The number of esters is 1. The van der Waals surface area contributed by atoms with Gasteiger partial charge in [-0.15, -0.1) is 0 Å². The summed E-state index contributed by atoms with van der Waals surface area (Å²) >= 11 is 0. The first kappa shape index (κ1) is 23.4. The van der Waals surface area contributed by atoms with E-state index in [0.717, 1.165) is 11.5 Å². The minimum atomic E-state index is -0.587. The molecular formula is C26H35FN2O2. The molecule has 168 valence electrons. The Kier molecular flexibility index (Phi) is 8.56. The van der Waals surface area contributed by atoms with Gasteiger partial charge < -0.3 is 4.74 Å². The van der Waals surface area contributed by atoms with Gasteiger partial charge in [0.15, 0.2) is 17.4 Å². The molecule has 2 aromatic rings. The molecule has 0 aliphatic heterocycles. The van der Waals surface area contributed by atoms with Crippen molar-refractivity contribution in [3.63, 3.8) is 0 Å². The van der Waals surface area contributed by atoms with Crippen molar-refractivity contribution in [2.24, 2.45) is 11.8 Å². The Balaban J connectivity index is 1.59. The fourth-order valence-electron chi connectivity index (χ4n) is 4.57. The molecular weight excluding hydrogens is 391 g/mol. The summed E-state index contributed by atoms with van der Waals surface area (Å²) in [6.45, 7) is 6.21. The maximum Gasteiger partial charge on any atom is 0.310 e. The first-order valence-corrected chi connectivity index (χ1v) is 11.8. The first-order chi connectivity index (χ1) is 15.0. The van der Waals surface area contributed by atoms with Crippen molar-refractivity contribution in [2.45, 2.75) is 84.5 Å². The average Bonchev–Trinajstić information content (AvgIpc) is 2.80. The number of carbonyl (C=O) groups is 1. The zero-order valence-electron chi connectivity index (χ0n) is 19.1. The third-order valence-electron chi connectivity index (χ3n) is 6.71. The molecule has 5 heteroatoms. The van der Waals surface area contributed by atoms with Crippen LogP contribution in [0.4, 0.5) is 4.39 Å². The van der Waals surface area contributed by atoms with Gasteiger partial charge in [-0.2, -0.15) is 0 Å². The summed E-state index contributed by atoms with van der Waals surface area (Å²) in [5, 5.41) is 0. The molecule has 4 nitrogen and oxygen atoms in total. The Labute approximate surface area is 185 Å². The van der Waals surface area contributed by atoms with Gasteiger partial charge in [0.05, 0.1) is 0 Å². The molecule has 3 rings (SSSR count). The number of aromatic nitrogens is 2. The summed E-state index contributed by atoms with van der Waals surface area (Å²) in [5.41, 5.74) is 1.72. The van der Waals surface area contributed by atoms with Crippen molar-refractivity contribution in [3.05, 3.63) is 42.0 Å². The number of hydrogen-bond acceptors (Lipinski definition) is 4. The topological polar surface area (TPSA) is 52.1 Å². The van der Waals surface area contributed by atoms with E-state index in [9.17, 15) is 9.18 Å². The van der Waals surface area contributed by atoms with E-state index in [0.29, 0.717) is 23.2 Å². The Bertz CT molecular complexity index is 845. The highest BCUT2D eigenvalue weighted by Gasteiger charge is 2.26. The van der Waals surface area contributed by atoms with Gasteiger partial charge in [0.25, 0.3) is 0 Å². The number of unbranched alkanes of at least 4 members (excludes halogenated alkanes) is 2. The van der Waals surface area contributed by atoms with Crippen molar-refractivity contribution in [2.75, 3.05) is 0 Å². The minimum Gasteiger partial charge on any atom is -0.423 e. The van der Waals surface area contributed by atoms with Crippen LogP contribution in [0.25, 0.3) is 11.4 Å².